The van der Waals surface area contributed by atoms with Gasteiger partial charge in [0.2, 0.25) is 10.0 Å². The van der Waals surface area contributed by atoms with Crippen molar-refractivity contribution in [2.24, 2.45) is 0 Å². The van der Waals surface area contributed by atoms with Crippen molar-refractivity contribution < 1.29 is 8.42 Å². The number of rotatable bonds is 5. The van der Waals surface area contributed by atoms with Crippen LogP contribution in [0.1, 0.15) is 0 Å². The molecule has 0 amide bonds. The fraction of sp³-hybridized carbons (Fsp3) is 0.0556. The Kier molecular flexibility index (Phi) is 4.30. The molecular formula is C18H16N6O2S. The summed E-state index contributed by atoms with van der Waals surface area (Å²) in [6.07, 6.45) is 6.75. The summed E-state index contributed by atoms with van der Waals surface area (Å²) in [6, 6.07) is 12.3. The molecule has 1 aromatic carbocycles. The molecule has 4 rings (SSSR count). The number of nitrogens with zero attached hydrogens (tertiary/aromatic N) is 4. The van der Waals surface area contributed by atoms with Gasteiger partial charge in [0, 0.05) is 29.8 Å². The van der Waals surface area contributed by atoms with Crippen molar-refractivity contribution in [2.45, 2.75) is 4.90 Å². The zero-order valence-corrected chi connectivity index (χ0v) is 15.2. The highest BCUT2D eigenvalue weighted by Crippen LogP contribution is 2.27. The molecule has 0 aliphatic heterocycles. The minimum absolute atomic E-state index is 0.220. The summed E-state index contributed by atoms with van der Waals surface area (Å²) in [4.78, 5) is 8.53. The van der Waals surface area contributed by atoms with Crippen LogP contribution in [0.25, 0.3) is 16.6 Å². The van der Waals surface area contributed by atoms with E-state index in [2.05, 4.69) is 25.1 Å². The number of nitrogens with one attached hydrogen (secondary N) is 2. The Morgan fingerprint density at radius 3 is 2.44 bits per heavy atom. The van der Waals surface area contributed by atoms with E-state index in [9.17, 15) is 8.42 Å². The van der Waals surface area contributed by atoms with Gasteiger partial charge in [-0.25, -0.2) is 22.6 Å². The van der Waals surface area contributed by atoms with Gasteiger partial charge in [0.05, 0.1) is 4.90 Å². The second-order valence-corrected chi connectivity index (χ2v) is 7.65. The lowest BCUT2D eigenvalue weighted by Crippen LogP contribution is -2.18. The average molecular weight is 380 g/mol. The molecule has 27 heavy (non-hydrogen) atoms. The van der Waals surface area contributed by atoms with Gasteiger partial charge >= 0.3 is 0 Å². The number of hydrogen-bond acceptors (Lipinski definition) is 6. The van der Waals surface area contributed by atoms with Gasteiger partial charge in [0.25, 0.3) is 0 Å². The van der Waals surface area contributed by atoms with E-state index in [0.29, 0.717) is 5.82 Å². The maximum absolute atomic E-state index is 11.9. The highest BCUT2D eigenvalue weighted by Gasteiger charge is 2.12. The third-order valence-electron chi connectivity index (χ3n) is 4.12. The van der Waals surface area contributed by atoms with Crippen LogP contribution in [0, 0.1) is 0 Å². The van der Waals surface area contributed by atoms with Crippen LogP contribution in [0.5, 0.6) is 0 Å². The molecule has 0 spiro atoms. The van der Waals surface area contributed by atoms with Gasteiger partial charge in [-0.05, 0) is 42.9 Å². The molecule has 4 aromatic rings. The Morgan fingerprint density at radius 1 is 1.00 bits per heavy atom. The number of benzene rings is 1. The van der Waals surface area contributed by atoms with Gasteiger partial charge in [0.1, 0.15) is 11.8 Å². The molecule has 0 aliphatic carbocycles. The first kappa shape index (κ1) is 17.1. The van der Waals surface area contributed by atoms with Gasteiger partial charge in [-0.15, -0.1) is 0 Å². The van der Waals surface area contributed by atoms with Crippen LogP contribution in [0.2, 0.25) is 0 Å². The van der Waals surface area contributed by atoms with Gasteiger partial charge in [-0.2, -0.15) is 5.10 Å². The molecule has 9 heteroatoms. The third-order valence-corrected chi connectivity index (χ3v) is 5.55. The van der Waals surface area contributed by atoms with Crippen molar-refractivity contribution >= 4 is 27.0 Å². The molecule has 0 aliphatic rings. The summed E-state index contributed by atoms with van der Waals surface area (Å²) in [6.45, 7) is 0. The molecule has 3 aromatic heterocycles. The molecule has 0 unspecified atom stereocenters. The third kappa shape index (κ3) is 3.37. The summed E-state index contributed by atoms with van der Waals surface area (Å²) in [7, 11) is -2.07. The molecule has 0 saturated carbocycles. The minimum Gasteiger partial charge on any atom is -0.338 e. The second-order valence-electron chi connectivity index (χ2n) is 5.76. The average Bonchev–Trinajstić information content (AvgIpc) is 3.14. The predicted molar refractivity (Wildman–Crippen MR) is 102 cm³/mol. The van der Waals surface area contributed by atoms with E-state index in [4.69, 9.17) is 0 Å². The van der Waals surface area contributed by atoms with Crippen LogP contribution >= 0.6 is 0 Å². The topological polar surface area (TPSA) is 101 Å². The molecular weight excluding hydrogens is 364 g/mol. The number of pyridine rings is 1. The highest BCUT2D eigenvalue weighted by molar-refractivity contribution is 7.89. The van der Waals surface area contributed by atoms with E-state index < -0.39 is 10.0 Å². The van der Waals surface area contributed by atoms with Crippen molar-refractivity contribution in [3.63, 3.8) is 0 Å². The van der Waals surface area contributed by atoms with Gasteiger partial charge in [-0.1, -0.05) is 12.1 Å². The summed E-state index contributed by atoms with van der Waals surface area (Å²) in [5.74, 6) is 0.664. The van der Waals surface area contributed by atoms with E-state index in [-0.39, 0.29) is 4.90 Å². The van der Waals surface area contributed by atoms with Crippen LogP contribution in [-0.2, 0) is 10.0 Å². The van der Waals surface area contributed by atoms with Gasteiger partial charge in [-0.3, -0.25) is 4.98 Å². The first-order chi connectivity index (χ1) is 13.1. The van der Waals surface area contributed by atoms with Crippen LogP contribution in [0.4, 0.5) is 11.5 Å². The van der Waals surface area contributed by atoms with Crippen LogP contribution in [0.15, 0.2) is 72.3 Å². The molecule has 0 atom stereocenters. The molecule has 3 heterocycles. The summed E-state index contributed by atoms with van der Waals surface area (Å²) in [5, 5.41) is 7.50. The monoisotopic (exact) mass is 380 g/mol. The molecule has 136 valence electrons. The van der Waals surface area contributed by atoms with E-state index in [1.807, 2.05) is 24.4 Å². The first-order valence-corrected chi connectivity index (χ1v) is 9.59. The highest BCUT2D eigenvalue weighted by atomic mass is 32.2. The van der Waals surface area contributed by atoms with E-state index in [0.717, 1.165) is 22.3 Å². The fourth-order valence-corrected chi connectivity index (χ4v) is 3.43. The van der Waals surface area contributed by atoms with Crippen molar-refractivity contribution in [1.82, 2.24) is 24.3 Å². The number of anilines is 2. The second kappa shape index (κ2) is 6.78. The maximum atomic E-state index is 11.9. The Hall–Kier alpha value is -3.30. The number of fused-ring (bicyclic) bond motifs is 1. The van der Waals surface area contributed by atoms with E-state index in [1.165, 1.54) is 13.4 Å². The number of sulfonamides is 1. The Bertz CT molecular complexity index is 1190. The molecule has 0 saturated heterocycles. The maximum Gasteiger partial charge on any atom is 0.240 e. The Morgan fingerprint density at radius 2 is 1.74 bits per heavy atom. The zero-order chi connectivity index (χ0) is 18.9. The predicted octanol–water partition coefficient (Wildman–Crippen LogP) is 2.44. The fourth-order valence-electron chi connectivity index (χ4n) is 2.70. The number of hydrogen-bond donors (Lipinski definition) is 2. The lowest BCUT2D eigenvalue weighted by molar-refractivity contribution is 0.588. The largest absolute Gasteiger partial charge is 0.338 e. The zero-order valence-electron chi connectivity index (χ0n) is 14.4. The Balaban J connectivity index is 1.71. The summed E-state index contributed by atoms with van der Waals surface area (Å²) >= 11 is 0. The SMILES string of the molecule is CNS(=O)(=O)c1ccc(-c2cc3c(Nc4ccncc4)ncnn3c2)cc1. The molecule has 8 nitrogen and oxygen atoms in total. The van der Waals surface area contributed by atoms with Crippen molar-refractivity contribution in [1.29, 1.82) is 0 Å². The van der Waals surface area contributed by atoms with Crippen molar-refractivity contribution in [2.75, 3.05) is 12.4 Å². The molecule has 2 N–H and O–H groups in total. The lowest BCUT2D eigenvalue weighted by atomic mass is 10.1. The summed E-state index contributed by atoms with van der Waals surface area (Å²) in [5.41, 5.74) is 3.46. The smallest absolute Gasteiger partial charge is 0.240 e. The minimum atomic E-state index is -3.46. The van der Waals surface area contributed by atoms with Gasteiger partial charge in [0.15, 0.2) is 5.82 Å². The Labute approximate surface area is 156 Å². The molecule has 0 radical (unpaired) electrons. The van der Waals surface area contributed by atoms with E-state index >= 15 is 0 Å². The molecule has 0 fully saturated rings. The summed E-state index contributed by atoms with van der Waals surface area (Å²) < 4.78 is 27.8. The van der Waals surface area contributed by atoms with Crippen LogP contribution < -0.4 is 10.0 Å². The number of aromatic nitrogens is 4. The lowest BCUT2D eigenvalue weighted by Gasteiger charge is -2.05. The first-order valence-electron chi connectivity index (χ1n) is 8.11. The van der Waals surface area contributed by atoms with Crippen molar-refractivity contribution in [3.05, 3.63) is 67.4 Å². The normalized spacial score (nSPS) is 11.6. The standard InChI is InChI=1S/C18H16N6O2S/c1-19-27(25,26)16-4-2-13(3-5-16)14-10-17-18(21-12-22-24(17)11-14)23-15-6-8-20-9-7-15/h2-12,19H,1H3,(H,20,21,22,23). The van der Waals surface area contributed by atoms with E-state index in [1.54, 1.807) is 41.2 Å². The van der Waals surface area contributed by atoms with Gasteiger partial charge < -0.3 is 5.32 Å². The van der Waals surface area contributed by atoms with Crippen LogP contribution in [0.3, 0.4) is 0 Å². The van der Waals surface area contributed by atoms with Crippen LogP contribution in [-0.4, -0.2) is 35.0 Å². The van der Waals surface area contributed by atoms with Crippen molar-refractivity contribution in [3.8, 4) is 11.1 Å². The quantitative estimate of drug-likeness (QED) is 0.551. The molecule has 0 bridgehead atoms.